The molecule has 0 spiro atoms. The summed E-state index contributed by atoms with van der Waals surface area (Å²) < 4.78 is 5.58. The van der Waals surface area contributed by atoms with Crippen molar-refractivity contribution >= 4 is 23.6 Å². The molecule has 0 aromatic heterocycles. The quantitative estimate of drug-likeness (QED) is 0.821. The lowest BCUT2D eigenvalue weighted by molar-refractivity contribution is -0.917. The van der Waals surface area contributed by atoms with Crippen molar-refractivity contribution in [1.82, 2.24) is 4.90 Å². The van der Waals surface area contributed by atoms with Crippen molar-refractivity contribution in [2.75, 3.05) is 32.8 Å². The number of carbonyl (C=O) groups excluding carboxylic acids is 1. The molecule has 1 fully saturated rings. The molecule has 0 saturated carbocycles. The van der Waals surface area contributed by atoms with Gasteiger partial charge in [-0.25, -0.2) is 0 Å². The van der Waals surface area contributed by atoms with Gasteiger partial charge in [0, 0.05) is 23.1 Å². The average Bonchev–Trinajstić information content (AvgIpc) is 3.15. The standard InChI is InChI=1S/C22H23ClN2O2/c23-20-3-1-2-17(15-20)5-7-22(26)25-11-9-24(10-12-25)16-18-4-6-21-19(14-18)8-13-27-21/h1-7,14-15H,8-13,16H2/p+1/b7-5+. The van der Waals surface area contributed by atoms with Gasteiger partial charge in [-0.1, -0.05) is 23.7 Å². The third-order valence-corrected chi connectivity index (χ3v) is 5.49. The molecule has 4 rings (SSSR count). The van der Waals surface area contributed by atoms with E-state index >= 15 is 0 Å². The van der Waals surface area contributed by atoms with E-state index < -0.39 is 0 Å². The van der Waals surface area contributed by atoms with Gasteiger partial charge in [0.25, 0.3) is 0 Å². The molecule has 1 saturated heterocycles. The Kier molecular flexibility index (Phi) is 5.46. The number of hydrogen-bond acceptors (Lipinski definition) is 2. The molecule has 0 aliphatic carbocycles. The van der Waals surface area contributed by atoms with E-state index in [2.05, 4.69) is 18.2 Å². The largest absolute Gasteiger partial charge is 0.493 e. The minimum atomic E-state index is 0.0729. The Labute approximate surface area is 165 Å². The number of nitrogens with zero attached hydrogens (tertiary/aromatic N) is 1. The van der Waals surface area contributed by atoms with Gasteiger partial charge in [-0.15, -0.1) is 0 Å². The van der Waals surface area contributed by atoms with Crippen LogP contribution in [0.5, 0.6) is 5.75 Å². The molecule has 0 unspecified atom stereocenters. The second-order valence-electron chi connectivity index (χ2n) is 7.18. The summed E-state index contributed by atoms with van der Waals surface area (Å²) >= 11 is 5.98. The maximum absolute atomic E-state index is 12.4. The van der Waals surface area contributed by atoms with Gasteiger partial charge in [-0.3, -0.25) is 4.79 Å². The predicted molar refractivity (Wildman–Crippen MR) is 107 cm³/mol. The Bertz CT molecular complexity index is 857. The molecule has 0 atom stereocenters. The lowest BCUT2D eigenvalue weighted by Crippen LogP contribution is -3.13. The van der Waals surface area contributed by atoms with E-state index in [9.17, 15) is 4.79 Å². The first kappa shape index (κ1) is 18.1. The van der Waals surface area contributed by atoms with E-state index in [4.69, 9.17) is 16.3 Å². The van der Waals surface area contributed by atoms with E-state index in [1.165, 1.54) is 16.0 Å². The maximum Gasteiger partial charge on any atom is 0.246 e. The molecule has 2 aliphatic rings. The predicted octanol–water partition coefficient (Wildman–Crippen LogP) is 2.22. The van der Waals surface area contributed by atoms with Crippen LogP contribution in [-0.4, -0.2) is 43.6 Å². The van der Waals surface area contributed by atoms with Crippen molar-refractivity contribution in [3.05, 3.63) is 70.3 Å². The lowest BCUT2D eigenvalue weighted by Gasteiger charge is -2.31. The Balaban J connectivity index is 1.29. The van der Waals surface area contributed by atoms with Crippen LogP contribution >= 0.6 is 11.6 Å². The molecular weight excluding hydrogens is 360 g/mol. The van der Waals surface area contributed by atoms with E-state index in [1.807, 2.05) is 35.2 Å². The van der Waals surface area contributed by atoms with Gasteiger partial charge in [-0.05, 0) is 47.5 Å². The van der Waals surface area contributed by atoms with Crippen LogP contribution in [0.1, 0.15) is 16.7 Å². The number of quaternary nitrogens is 1. The smallest absolute Gasteiger partial charge is 0.246 e. The topological polar surface area (TPSA) is 34.0 Å². The summed E-state index contributed by atoms with van der Waals surface area (Å²) in [6.07, 6.45) is 4.50. The van der Waals surface area contributed by atoms with Crippen molar-refractivity contribution in [2.45, 2.75) is 13.0 Å². The number of piperazine rings is 1. The highest BCUT2D eigenvalue weighted by atomic mass is 35.5. The highest BCUT2D eigenvalue weighted by Crippen LogP contribution is 2.25. The van der Waals surface area contributed by atoms with Crippen LogP contribution in [0.4, 0.5) is 0 Å². The van der Waals surface area contributed by atoms with Crippen molar-refractivity contribution in [3.63, 3.8) is 0 Å². The number of rotatable bonds is 4. The molecule has 140 valence electrons. The number of hydrogen-bond donors (Lipinski definition) is 1. The number of ether oxygens (including phenoxy) is 1. The van der Waals surface area contributed by atoms with Crippen molar-refractivity contribution < 1.29 is 14.4 Å². The molecule has 2 heterocycles. The van der Waals surface area contributed by atoms with Crippen LogP contribution in [0, 0.1) is 0 Å². The Morgan fingerprint density at radius 2 is 2.04 bits per heavy atom. The van der Waals surface area contributed by atoms with E-state index in [-0.39, 0.29) is 5.91 Å². The molecule has 0 radical (unpaired) electrons. The summed E-state index contributed by atoms with van der Waals surface area (Å²) in [5.41, 5.74) is 3.63. The van der Waals surface area contributed by atoms with E-state index in [0.717, 1.165) is 57.1 Å². The van der Waals surface area contributed by atoms with E-state index in [0.29, 0.717) is 5.02 Å². The molecule has 2 aromatic rings. The highest BCUT2D eigenvalue weighted by Gasteiger charge is 2.23. The van der Waals surface area contributed by atoms with Gasteiger partial charge in [0.05, 0.1) is 32.8 Å². The fourth-order valence-electron chi connectivity index (χ4n) is 3.74. The van der Waals surface area contributed by atoms with Crippen LogP contribution < -0.4 is 9.64 Å². The van der Waals surface area contributed by atoms with Crippen molar-refractivity contribution in [2.24, 2.45) is 0 Å². The number of fused-ring (bicyclic) bond motifs is 1. The zero-order chi connectivity index (χ0) is 18.6. The monoisotopic (exact) mass is 383 g/mol. The van der Waals surface area contributed by atoms with Gasteiger partial charge < -0.3 is 14.5 Å². The fourth-order valence-corrected chi connectivity index (χ4v) is 3.94. The van der Waals surface area contributed by atoms with Crippen LogP contribution in [0.15, 0.2) is 48.5 Å². The van der Waals surface area contributed by atoms with Crippen LogP contribution in [0.25, 0.3) is 6.08 Å². The molecular formula is C22H24ClN2O2+. The number of nitrogens with one attached hydrogen (secondary N) is 1. The van der Waals surface area contributed by atoms with Gasteiger partial charge in [-0.2, -0.15) is 0 Å². The normalized spacial score (nSPS) is 17.1. The first-order valence-corrected chi connectivity index (χ1v) is 9.86. The molecule has 1 N–H and O–H groups in total. The fraction of sp³-hybridized carbons (Fsp3) is 0.318. The number of amides is 1. The Morgan fingerprint density at radius 3 is 2.85 bits per heavy atom. The zero-order valence-corrected chi connectivity index (χ0v) is 16.0. The molecule has 27 heavy (non-hydrogen) atoms. The zero-order valence-electron chi connectivity index (χ0n) is 15.3. The summed E-state index contributed by atoms with van der Waals surface area (Å²) in [6, 6.07) is 14.1. The first-order valence-electron chi connectivity index (χ1n) is 9.48. The van der Waals surface area contributed by atoms with Gasteiger partial charge in [0.1, 0.15) is 12.3 Å². The molecule has 2 aromatic carbocycles. The SMILES string of the molecule is O=C(/C=C/c1cccc(Cl)c1)N1CC[NH+](Cc2ccc3c(c2)CCO3)CC1. The summed E-state index contributed by atoms with van der Waals surface area (Å²) in [5, 5.41) is 0.680. The summed E-state index contributed by atoms with van der Waals surface area (Å²) in [7, 11) is 0. The second-order valence-corrected chi connectivity index (χ2v) is 7.62. The highest BCUT2D eigenvalue weighted by molar-refractivity contribution is 6.30. The molecule has 0 bridgehead atoms. The lowest BCUT2D eigenvalue weighted by atomic mass is 10.1. The van der Waals surface area contributed by atoms with Gasteiger partial charge in [0.15, 0.2) is 0 Å². The third-order valence-electron chi connectivity index (χ3n) is 5.26. The minimum absolute atomic E-state index is 0.0729. The second kappa shape index (κ2) is 8.15. The minimum Gasteiger partial charge on any atom is -0.493 e. The van der Waals surface area contributed by atoms with Crippen molar-refractivity contribution in [3.8, 4) is 5.75 Å². The number of benzene rings is 2. The third kappa shape index (κ3) is 4.52. The molecule has 2 aliphatic heterocycles. The van der Waals surface area contributed by atoms with Gasteiger partial charge >= 0.3 is 0 Å². The summed E-state index contributed by atoms with van der Waals surface area (Å²) in [6.45, 7) is 5.35. The van der Waals surface area contributed by atoms with Crippen LogP contribution in [0.3, 0.4) is 0 Å². The molecule has 4 nitrogen and oxygen atoms in total. The summed E-state index contributed by atoms with van der Waals surface area (Å²) in [5.74, 6) is 1.11. The average molecular weight is 384 g/mol. The molecule has 5 heteroatoms. The first-order chi connectivity index (χ1) is 13.2. The Morgan fingerprint density at radius 1 is 1.19 bits per heavy atom. The van der Waals surface area contributed by atoms with Crippen LogP contribution in [0.2, 0.25) is 5.02 Å². The van der Waals surface area contributed by atoms with Crippen LogP contribution in [-0.2, 0) is 17.8 Å². The molecule has 1 amide bonds. The van der Waals surface area contributed by atoms with E-state index in [1.54, 1.807) is 6.08 Å². The van der Waals surface area contributed by atoms with Crippen molar-refractivity contribution in [1.29, 1.82) is 0 Å². The maximum atomic E-state index is 12.4. The number of halogens is 1. The van der Waals surface area contributed by atoms with Gasteiger partial charge in [0.2, 0.25) is 5.91 Å². The number of carbonyl (C=O) groups is 1. The Hall–Kier alpha value is -2.30. The summed E-state index contributed by atoms with van der Waals surface area (Å²) in [4.78, 5) is 15.9.